The zero-order chi connectivity index (χ0) is 10.8. The molecule has 0 amide bonds. The molecule has 15 heavy (non-hydrogen) atoms. The lowest BCUT2D eigenvalue weighted by Crippen LogP contribution is -1.79. The molecular weight excluding hydrogens is 294 g/mol. The number of nitrogens with zero attached hydrogens (tertiary/aromatic N) is 1. The van der Waals surface area contributed by atoms with Gasteiger partial charge in [0.15, 0.2) is 0 Å². The van der Waals surface area contributed by atoms with Gasteiger partial charge in [-0.05, 0) is 13.0 Å². The molecule has 1 aromatic carbocycles. The summed E-state index contributed by atoms with van der Waals surface area (Å²) in [5.41, 5.74) is 2.23. The smallest absolute Gasteiger partial charge is 0.108 e. The van der Waals surface area contributed by atoms with Crippen molar-refractivity contribution in [3.8, 4) is 10.4 Å². The number of benzene rings is 1. The summed E-state index contributed by atoms with van der Waals surface area (Å²) < 4.78 is 1.10. The minimum Gasteiger partial charge on any atom is -0.245 e. The van der Waals surface area contributed by atoms with E-state index in [0.29, 0.717) is 5.88 Å². The fraction of sp³-hybridized carbons (Fsp3) is 0.182. The van der Waals surface area contributed by atoms with Crippen LogP contribution in [-0.4, -0.2) is 4.98 Å². The average Bonchev–Trinajstić information content (AvgIpc) is 2.60. The van der Waals surface area contributed by atoms with Crippen LogP contribution in [0, 0.1) is 6.92 Å². The molecule has 1 aromatic heterocycles. The van der Waals surface area contributed by atoms with Crippen LogP contribution in [0.15, 0.2) is 28.7 Å². The van der Waals surface area contributed by atoms with Gasteiger partial charge < -0.3 is 0 Å². The summed E-state index contributed by atoms with van der Waals surface area (Å²) in [5.74, 6) is 0.482. The molecule has 0 aliphatic heterocycles. The molecule has 1 heterocycles. The van der Waals surface area contributed by atoms with Crippen LogP contribution in [0.25, 0.3) is 10.4 Å². The number of aryl methyl sites for hydroxylation is 1. The summed E-state index contributed by atoms with van der Waals surface area (Å²) in [6.45, 7) is 2.02. The van der Waals surface area contributed by atoms with Crippen molar-refractivity contribution in [3.63, 3.8) is 0 Å². The molecule has 4 heteroatoms. The van der Waals surface area contributed by atoms with E-state index in [0.717, 1.165) is 15.2 Å². The highest BCUT2D eigenvalue weighted by Crippen LogP contribution is 2.35. The topological polar surface area (TPSA) is 12.9 Å². The Balaban J connectivity index is 2.54. The first kappa shape index (κ1) is 11.1. The number of rotatable bonds is 2. The molecule has 0 spiro atoms. The van der Waals surface area contributed by atoms with Gasteiger partial charge in [0, 0.05) is 10.0 Å². The Bertz CT molecular complexity index is 481. The van der Waals surface area contributed by atoms with Crippen molar-refractivity contribution in [2.24, 2.45) is 0 Å². The zero-order valence-electron chi connectivity index (χ0n) is 8.13. The van der Waals surface area contributed by atoms with Crippen LogP contribution in [0.3, 0.4) is 0 Å². The molecule has 2 aromatic rings. The van der Waals surface area contributed by atoms with Crippen molar-refractivity contribution in [1.29, 1.82) is 0 Å². The summed E-state index contributed by atoms with van der Waals surface area (Å²) in [4.78, 5) is 5.61. The van der Waals surface area contributed by atoms with E-state index in [2.05, 4.69) is 27.0 Å². The van der Waals surface area contributed by atoms with E-state index in [9.17, 15) is 0 Å². The maximum absolute atomic E-state index is 5.78. The number of hydrogen-bond donors (Lipinski definition) is 0. The quantitative estimate of drug-likeness (QED) is 0.738. The number of alkyl halides is 1. The molecule has 0 aliphatic carbocycles. The van der Waals surface area contributed by atoms with E-state index < -0.39 is 0 Å². The van der Waals surface area contributed by atoms with Crippen LogP contribution < -0.4 is 0 Å². The van der Waals surface area contributed by atoms with Crippen molar-refractivity contribution in [2.75, 3.05) is 0 Å². The molecule has 0 radical (unpaired) electrons. The lowest BCUT2D eigenvalue weighted by molar-refractivity contribution is 1.18. The Morgan fingerprint density at radius 2 is 2.13 bits per heavy atom. The Morgan fingerprint density at radius 1 is 1.40 bits per heavy atom. The predicted molar refractivity (Wildman–Crippen MR) is 69.5 cm³/mol. The SMILES string of the molecule is Cc1nc(CCl)sc1-c1ccccc1Br. The van der Waals surface area contributed by atoms with E-state index >= 15 is 0 Å². The van der Waals surface area contributed by atoms with Gasteiger partial charge in [-0.3, -0.25) is 0 Å². The van der Waals surface area contributed by atoms with Crippen LogP contribution >= 0.6 is 38.9 Å². The summed E-state index contributed by atoms with van der Waals surface area (Å²) >= 11 is 11.0. The van der Waals surface area contributed by atoms with E-state index in [4.69, 9.17) is 11.6 Å². The molecule has 0 N–H and O–H groups in total. The molecule has 0 saturated heterocycles. The Labute approximate surface area is 106 Å². The highest BCUT2D eigenvalue weighted by Gasteiger charge is 2.10. The largest absolute Gasteiger partial charge is 0.245 e. The normalized spacial score (nSPS) is 10.6. The summed E-state index contributed by atoms with van der Waals surface area (Å²) in [6, 6.07) is 8.16. The van der Waals surface area contributed by atoms with E-state index in [-0.39, 0.29) is 0 Å². The van der Waals surface area contributed by atoms with Gasteiger partial charge in [0.2, 0.25) is 0 Å². The van der Waals surface area contributed by atoms with Gasteiger partial charge in [-0.15, -0.1) is 22.9 Å². The fourth-order valence-electron chi connectivity index (χ4n) is 1.40. The molecule has 0 saturated carbocycles. The Hall–Kier alpha value is -0.380. The zero-order valence-corrected chi connectivity index (χ0v) is 11.3. The van der Waals surface area contributed by atoms with E-state index in [1.54, 1.807) is 11.3 Å². The molecule has 0 aliphatic rings. The second-order valence-electron chi connectivity index (χ2n) is 3.14. The van der Waals surface area contributed by atoms with Crippen LogP contribution in [0.2, 0.25) is 0 Å². The van der Waals surface area contributed by atoms with Crippen molar-refractivity contribution < 1.29 is 0 Å². The van der Waals surface area contributed by atoms with Gasteiger partial charge in [0.25, 0.3) is 0 Å². The lowest BCUT2D eigenvalue weighted by Gasteiger charge is -2.00. The number of hydrogen-bond acceptors (Lipinski definition) is 2. The van der Waals surface area contributed by atoms with Crippen LogP contribution in [0.1, 0.15) is 10.7 Å². The Morgan fingerprint density at radius 3 is 2.73 bits per heavy atom. The van der Waals surface area contributed by atoms with E-state index in [1.807, 2.05) is 25.1 Å². The summed E-state index contributed by atoms with van der Waals surface area (Å²) in [7, 11) is 0. The molecule has 0 fully saturated rings. The number of aromatic nitrogens is 1. The van der Waals surface area contributed by atoms with Crippen LogP contribution in [-0.2, 0) is 5.88 Å². The van der Waals surface area contributed by atoms with Gasteiger partial charge in [-0.2, -0.15) is 0 Å². The first-order valence-corrected chi connectivity index (χ1v) is 6.64. The van der Waals surface area contributed by atoms with Crippen molar-refractivity contribution >= 4 is 38.9 Å². The highest BCUT2D eigenvalue weighted by molar-refractivity contribution is 9.10. The van der Waals surface area contributed by atoms with Gasteiger partial charge >= 0.3 is 0 Å². The lowest BCUT2D eigenvalue weighted by atomic mass is 10.2. The summed E-state index contributed by atoms with van der Waals surface area (Å²) in [5, 5.41) is 0.972. The third-order valence-electron chi connectivity index (χ3n) is 2.07. The van der Waals surface area contributed by atoms with Crippen molar-refractivity contribution in [3.05, 3.63) is 39.4 Å². The minimum atomic E-state index is 0.482. The van der Waals surface area contributed by atoms with Crippen LogP contribution in [0.4, 0.5) is 0 Å². The van der Waals surface area contributed by atoms with Gasteiger partial charge in [-0.25, -0.2) is 4.98 Å². The average molecular weight is 303 g/mol. The number of thiazole rings is 1. The molecule has 2 rings (SSSR count). The first-order chi connectivity index (χ1) is 7.22. The maximum atomic E-state index is 5.78. The van der Waals surface area contributed by atoms with Gasteiger partial charge in [0.1, 0.15) is 5.01 Å². The number of halogens is 2. The molecule has 0 bridgehead atoms. The molecule has 78 valence electrons. The molecule has 0 unspecified atom stereocenters. The van der Waals surface area contributed by atoms with E-state index in [1.165, 1.54) is 10.4 Å². The Kier molecular flexibility index (Phi) is 3.44. The predicted octanol–water partition coefficient (Wildman–Crippen LogP) is 4.62. The summed E-state index contributed by atoms with van der Waals surface area (Å²) in [6.07, 6.45) is 0. The highest BCUT2D eigenvalue weighted by atomic mass is 79.9. The molecule has 0 atom stereocenters. The van der Waals surface area contributed by atoms with Gasteiger partial charge in [-0.1, -0.05) is 34.1 Å². The third-order valence-corrected chi connectivity index (χ3v) is 4.37. The molecular formula is C11H9BrClNS. The van der Waals surface area contributed by atoms with Crippen LogP contribution in [0.5, 0.6) is 0 Å². The first-order valence-electron chi connectivity index (χ1n) is 4.49. The second kappa shape index (κ2) is 4.64. The third kappa shape index (κ3) is 2.25. The second-order valence-corrected chi connectivity index (χ2v) is 5.34. The van der Waals surface area contributed by atoms with Crippen molar-refractivity contribution in [1.82, 2.24) is 4.98 Å². The minimum absolute atomic E-state index is 0.482. The fourth-order valence-corrected chi connectivity index (χ4v) is 3.20. The standard InChI is InChI=1S/C11H9BrClNS/c1-7-11(15-10(6-13)14-7)8-4-2-3-5-9(8)12/h2-5H,6H2,1H3. The molecule has 1 nitrogen and oxygen atoms in total. The maximum Gasteiger partial charge on any atom is 0.108 e. The van der Waals surface area contributed by atoms with Crippen molar-refractivity contribution in [2.45, 2.75) is 12.8 Å². The van der Waals surface area contributed by atoms with Gasteiger partial charge in [0.05, 0.1) is 16.5 Å². The monoisotopic (exact) mass is 301 g/mol.